The lowest BCUT2D eigenvalue weighted by Crippen LogP contribution is -2.29. The number of benzene rings is 3. The fourth-order valence-electron chi connectivity index (χ4n) is 3.76. The summed E-state index contributed by atoms with van der Waals surface area (Å²) in [4.78, 5) is 26.4. The summed E-state index contributed by atoms with van der Waals surface area (Å²) >= 11 is 0. The van der Waals surface area contributed by atoms with E-state index in [1.807, 2.05) is 32.0 Å². The van der Waals surface area contributed by atoms with Gasteiger partial charge in [-0.15, -0.1) is 0 Å². The number of amides is 2. The number of rotatable bonds is 7. The third-order valence-corrected chi connectivity index (χ3v) is 7.20. The van der Waals surface area contributed by atoms with Gasteiger partial charge in [0, 0.05) is 6.54 Å². The lowest BCUT2D eigenvalue weighted by Gasteiger charge is -2.16. The van der Waals surface area contributed by atoms with Gasteiger partial charge in [0.1, 0.15) is 10.6 Å². The maximum atomic E-state index is 13.1. The third kappa shape index (κ3) is 4.40. The van der Waals surface area contributed by atoms with E-state index < -0.39 is 21.8 Å². The van der Waals surface area contributed by atoms with Crippen LogP contribution >= 0.6 is 0 Å². The van der Waals surface area contributed by atoms with Gasteiger partial charge >= 0.3 is 0 Å². The molecule has 7 nitrogen and oxygen atoms in total. The average Bonchev–Trinajstić information content (AvgIpc) is 3.05. The van der Waals surface area contributed by atoms with Crippen LogP contribution in [0, 0.1) is 13.8 Å². The zero-order chi connectivity index (χ0) is 23.8. The lowest BCUT2D eigenvalue weighted by molar-refractivity contribution is 0.0642. The van der Waals surface area contributed by atoms with Crippen molar-refractivity contribution in [3.63, 3.8) is 0 Å². The first kappa shape index (κ1) is 22.7. The maximum absolute atomic E-state index is 13.1. The van der Waals surface area contributed by atoms with E-state index in [2.05, 4.69) is 4.72 Å². The number of aryl methyl sites for hydroxylation is 2. The van der Waals surface area contributed by atoms with Gasteiger partial charge in [-0.2, -0.15) is 0 Å². The molecule has 3 aromatic carbocycles. The Balaban J connectivity index is 1.58. The van der Waals surface area contributed by atoms with E-state index >= 15 is 0 Å². The van der Waals surface area contributed by atoms with Crippen molar-refractivity contribution in [2.24, 2.45) is 0 Å². The van der Waals surface area contributed by atoms with Crippen LogP contribution in [0.3, 0.4) is 0 Å². The quantitative estimate of drug-likeness (QED) is 0.540. The lowest BCUT2D eigenvalue weighted by atomic mass is 10.1. The molecule has 0 saturated heterocycles. The number of nitrogens with zero attached hydrogens (tertiary/aromatic N) is 1. The molecule has 0 saturated carbocycles. The fraction of sp³-hybridized carbons (Fsp3) is 0.200. The van der Waals surface area contributed by atoms with Crippen molar-refractivity contribution in [1.82, 2.24) is 9.62 Å². The molecule has 0 radical (unpaired) electrons. The summed E-state index contributed by atoms with van der Waals surface area (Å²) in [6.07, 6.45) is 0. The normalized spacial score (nSPS) is 13.4. The molecule has 0 aromatic heterocycles. The minimum atomic E-state index is -3.92. The van der Waals surface area contributed by atoms with Gasteiger partial charge < -0.3 is 4.74 Å². The highest BCUT2D eigenvalue weighted by molar-refractivity contribution is 7.89. The van der Waals surface area contributed by atoms with E-state index in [4.69, 9.17) is 4.74 Å². The topological polar surface area (TPSA) is 92.8 Å². The van der Waals surface area contributed by atoms with Gasteiger partial charge in [0.05, 0.1) is 24.8 Å². The molecule has 1 heterocycles. The Morgan fingerprint density at radius 3 is 2.09 bits per heavy atom. The number of imide groups is 1. The van der Waals surface area contributed by atoms with Gasteiger partial charge in [-0.05, 0) is 60.4 Å². The molecule has 0 atom stereocenters. The number of hydrogen-bond acceptors (Lipinski definition) is 5. The van der Waals surface area contributed by atoms with Crippen molar-refractivity contribution in [2.45, 2.75) is 31.8 Å². The molecule has 3 aromatic rings. The van der Waals surface area contributed by atoms with Gasteiger partial charge in [0.25, 0.3) is 11.8 Å². The Morgan fingerprint density at radius 1 is 0.848 bits per heavy atom. The van der Waals surface area contributed by atoms with Crippen LogP contribution in [0.5, 0.6) is 5.75 Å². The average molecular weight is 465 g/mol. The Kier molecular flexibility index (Phi) is 6.05. The molecular weight excluding hydrogens is 440 g/mol. The molecule has 170 valence electrons. The highest BCUT2D eigenvalue weighted by Gasteiger charge is 2.35. The number of carbonyl (C=O) groups excluding carboxylic acids is 2. The van der Waals surface area contributed by atoms with Crippen LogP contribution in [0.25, 0.3) is 0 Å². The summed E-state index contributed by atoms with van der Waals surface area (Å²) in [6, 6.07) is 17.0. The van der Waals surface area contributed by atoms with Crippen LogP contribution in [0.2, 0.25) is 0 Å². The predicted octanol–water partition coefficient (Wildman–Crippen LogP) is 3.59. The second-order valence-corrected chi connectivity index (χ2v) is 9.71. The molecule has 0 aliphatic carbocycles. The Morgan fingerprint density at radius 2 is 1.48 bits per heavy atom. The molecule has 0 fully saturated rings. The van der Waals surface area contributed by atoms with Crippen molar-refractivity contribution < 1.29 is 22.7 Å². The highest BCUT2D eigenvalue weighted by atomic mass is 32.2. The number of carbonyl (C=O) groups is 2. The number of methoxy groups -OCH3 is 1. The van der Waals surface area contributed by atoms with Crippen molar-refractivity contribution in [3.8, 4) is 5.75 Å². The van der Waals surface area contributed by atoms with Gasteiger partial charge in [0.2, 0.25) is 10.0 Å². The first-order valence-electron chi connectivity index (χ1n) is 10.4. The highest BCUT2D eigenvalue weighted by Crippen LogP contribution is 2.28. The van der Waals surface area contributed by atoms with Gasteiger partial charge in [0.15, 0.2) is 0 Å². The number of ether oxygens (including phenoxy) is 1. The number of fused-ring (bicyclic) bond motifs is 1. The monoisotopic (exact) mass is 464 g/mol. The fourth-order valence-corrected chi connectivity index (χ4v) is 5.00. The van der Waals surface area contributed by atoms with Crippen LogP contribution in [-0.4, -0.2) is 32.2 Å². The predicted molar refractivity (Wildman–Crippen MR) is 124 cm³/mol. The van der Waals surface area contributed by atoms with E-state index in [1.54, 1.807) is 30.3 Å². The first-order valence-corrected chi connectivity index (χ1v) is 11.9. The molecule has 8 heteroatoms. The summed E-state index contributed by atoms with van der Waals surface area (Å²) in [5, 5.41) is 0. The molecule has 4 rings (SSSR count). The SMILES string of the molecule is COc1ccc(CN2C(=O)c3ccccc3C2=O)cc1S(=O)(=O)NCc1ccc(C)c(C)c1. The summed E-state index contributed by atoms with van der Waals surface area (Å²) < 4.78 is 34.1. The second-order valence-electron chi connectivity index (χ2n) is 7.97. The minimum Gasteiger partial charge on any atom is -0.495 e. The van der Waals surface area contributed by atoms with Crippen molar-refractivity contribution in [1.29, 1.82) is 0 Å². The van der Waals surface area contributed by atoms with E-state index in [0.717, 1.165) is 21.6 Å². The summed E-state index contributed by atoms with van der Waals surface area (Å²) in [5.41, 5.74) is 4.23. The smallest absolute Gasteiger partial charge is 0.261 e. The maximum Gasteiger partial charge on any atom is 0.261 e. The molecule has 1 aliphatic heterocycles. The van der Waals surface area contributed by atoms with E-state index in [-0.39, 0.29) is 23.7 Å². The zero-order valence-electron chi connectivity index (χ0n) is 18.6. The van der Waals surface area contributed by atoms with Crippen LogP contribution < -0.4 is 9.46 Å². The van der Waals surface area contributed by atoms with Crippen LogP contribution in [0.4, 0.5) is 0 Å². The molecule has 0 unspecified atom stereocenters. The largest absolute Gasteiger partial charge is 0.495 e. The molecule has 0 spiro atoms. The minimum absolute atomic E-state index is 0.0456. The molecule has 1 aliphatic rings. The zero-order valence-corrected chi connectivity index (χ0v) is 19.4. The van der Waals surface area contributed by atoms with Crippen molar-refractivity contribution in [3.05, 3.63) is 94.0 Å². The van der Waals surface area contributed by atoms with E-state index in [0.29, 0.717) is 16.7 Å². The van der Waals surface area contributed by atoms with Crippen molar-refractivity contribution >= 4 is 21.8 Å². The first-order chi connectivity index (χ1) is 15.7. The number of hydrogen-bond donors (Lipinski definition) is 1. The van der Waals surface area contributed by atoms with Gasteiger partial charge in [-0.25, -0.2) is 13.1 Å². The number of sulfonamides is 1. The summed E-state index contributed by atoms with van der Waals surface area (Å²) in [7, 11) is -2.53. The summed E-state index contributed by atoms with van der Waals surface area (Å²) in [5.74, 6) is -0.624. The van der Waals surface area contributed by atoms with Crippen LogP contribution in [-0.2, 0) is 23.1 Å². The molecule has 33 heavy (non-hydrogen) atoms. The molecule has 1 N–H and O–H groups in total. The van der Waals surface area contributed by atoms with E-state index in [9.17, 15) is 18.0 Å². The van der Waals surface area contributed by atoms with Crippen LogP contribution in [0.15, 0.2) is 65.6 Å². The summed E-state index contributed by atoms with van der Waals surface area (Å²) in [6.45, 7) is 4.04. The van der Waals surface area contributed by atoms with E-state index in [1.165, 1.54) is 19.2 Å². The standard InChI is InChI=1S/C25H24N2O5S/c1-16-8-9-18(12-17(16)2)14-26-33(30,31)23-13-19(10-11-22(23)32-3)15-27-24(28)20-6-4-5-7-21(20)25(27)29/h4-13,26H,14-15H2,1-3H3. The van der Waals surface area contributed by atoms with Crippen molar-refractivity contribution in [2.75, 3.05) is 7.11 Å². The molecular formula is C25H24N2O5S. The Bertz CT molecular complexity index is 1330. The van der Waals surface area contributed by atoms with Crippen LogP contribution in [0.1, 0.15) is 43.0 Å². The molecule has 0 bridgehead atoms. The molecule has 2 amide bonds. The Hall–Kier alpha value is -3.49. The second kappa shape index (κ2) is 8.80. The van der Waals surface area contributed by atoms with Gasteiger partial charge in [-0.1, -0.05) is 36.4 Å². The third-order valence-electron chi connectivity index (χ3n) is 5.77. The Labute approximate surface area is 193 Å². The number of nitrogens with one attached hydrogen (secondary N) is 1. The van der Waals surface area contributed by atoms with Gasteiger partial charge in [-0.3, -0.25) is 14.5 Å².